The van der Waals surface area contributed by atoms with E-state index in [1.54, 1.807) is 6.92 Å². The molecule has 29 heavy (non-hydrogen) atoms. The van der Waals surface area contributed by atoms with Gasteiger partial charge in [0, 0.05) is 19.6 Å². The largest absolute Gasteiger partial charge is 0.393 e. The van der Waals surface area contributed by atoms with Crippen LogP contribution in [-0.2, 0) is 11.3 Å². The van der Waals surface area contributed by atoms with Crippen molar-refractivity contribution in [3.63, 3.8) is 0 Å². The number of piperidine rings is 1. The second kappa shape index (κ2) is 9.47. The molecule has 0 aromatic carbocycles. The van der Waals surface area contributed by atoms with Crippen molar-refractivity contribution in [3.8, 4) is 0 Å². The van der Waals surface area contributed by atoms with Gasteiger partial charge in [0.15, 0.2) is 5.69 Å². The quantitative estimate of drug-likeness (QED) is 0.698. The number of carbonyl (C=O) groups is 1. The van der Waals surface area contributed by atoms with Gasteiger partial charge >= 0.3 is 11.9 Å². The molecule has 0 aliphatic carbocycles. The van der Waals surface area contributed by atoms with E-state index in [2.05, 4.69) is 4.98 Å². The number of unbranched alkanes of at least 4 members (excludes halogenated alkanes) is 1. The summed E-state index contributed by atoms with van der Waals surface area (Å²) < 4.78 is 40.3. The van der Waals surface area contributed by atoms with Gasteiger partial charge in [-0.1, -0.05) is 13.3 Å². The number of rotatable bonds is 7. The third-order valence-electron chi connectivity index (χ3n) is 5.16. The molecule has 11 heteroatoms. The van der Waals surface area contributed by atoms with Crippen LogP contribution in [0.4, 0.5) is 24.7 Å². The van der Waals surface area contributed by atoms with E-state index >= 15 is 0 Å². The molecule has 8 nitrogen and oxygen atoms in total. The molecular formula is C18H28F3N5O3. The van der Waals surface area contributed by atoms with Crippen molar-refractivity contribution in [1.82, 2.24) is 14.5 Å². The molecule has 1 atom stereocenters. The van der Waals surface area contributed by atoms with Crippen molar-refractivity contribution in [1.29, 1.82) is 0 Å². The van der Waals surface area contributed by atoms with Gasteiger partial charge in [0.2, 0.25) is 5.91 Å². The average Bonchev–Trinajstić information content (AvgIpc) is 2.64. The number of nitrogen functional groups attached to an aromatic ring is 1. The summed E-state index contributed by atoms with van der Waals surface area (Å²) >= 11 is 0. The first-order valence-corrected chi connectivity index (χ1v) is 9.82. The molecule has 1 aromatic heterocycles. The molecule has 1 saturated heterocycles. The number of likely N-dealkylation sites (tertiary alicyclic amines) is 1. The van der Waals surface area contributed by atoms with Crippen LogP contribution in [0.5, 0.6) is 0 Å². The van der Waals surface area contributed by atoms with Crippen molar-refractivity contribution in [2.45, 2.75) is 52.3 Å². The number of nitrogens with two attached hydrogens (primary N) is 1. The Bertz CT molecular complexity index is 834. The minimum Gasteiger partial charge on any atom is -0.383 e. The Labute approximate surface area is 166 Å². The van der Waals surface area contributed by atoms with Gasteiger partial charge in [-0.15, -0.1) is 0 Å². The molecule has 2 heterocycles. The van der Waals surface area contributed by atoms with E-state index in [0.29, 0.717) is 19.4 Å². The fourth-order valence-corrected chi connectivity index (χ4v) is 3.58. The van der Waals surface area contributed by atoms with Crippen molar-refractivity contribution in [2.24, 2.45) is 5.92 Å². The lowest BCUT2D eigenvalue weighted by Gasteiger charge is -2.34. The molecular weight excluding hydrogens is 391 g/mol. The van der Waals surface area contributed by atoms with Crippen molar-refractivity contribution in [2.75, 3.05) is 36.8 Å². The minimum absolute atomic E-state index is 0.0424. The van der Waals surface area contributed by atoms with Crippen molar-refractivity contribution >= 4 is 17.4 Å². The summed E-state index contributed by atoms with van der Waals surface area (Å²) in [5, 5.41) is 0. The number of likely N-dealkylation sites (N-methyl/N-ethyl adjacent to an activating group) is 1. The number of nitrogens with zero attached hydrogens (tertiary/aromatic N) is 3. The highest BCUT2D eigenvalue weighted by Gasteiger charge is 2.42. The molecule has 164 valence electrons. The average molecular weight is 419 g/mol. The molecule has 0 unspecified atom stereocenters. The molecule has 2 rings (SSSR count). The number of anilines is 2. The molecule has 0 saturated carbocycles. The van der Waals surface area contributed by atoms with Crippen LogP contribution in [0.25, 0.3) is 0 Å². The Morgan fingerprint density at radius 3 is 2.59 bits per heavy atom. The minimum atomic E-state index is -4.30. The number of amides is 1. The van der Waals surface area contributed by atoms with Gasteiger partial charge in [-0.3, -0.25) is 24.0 Å². The lowest BCUT2D eigenvalue weighted by Crippen LogP contribution is -2.48. The summed E-state index contributed by atoms with van der Waals surface area (Å²) in [7, 11) is 0. The smallest absolute Gasteiger partial charge is 0.383 e. The summed E-state index contributed by atoms with van der Waals surface area (Å²) in [6.07, 6.45) is -2.47. The zero-order valence-electron chi connectivity index (χ0n) is 16.7. The maximum atomic E-state index is 13.0. The maximum Gasteiger partial charge on any atom is 0.393 e. The number of aromatic nitrogens is 2. The van der Waals surface area contributed by atoms with Gasteiger partial charge in [-0.2, -0.15) is 13.2 Å². The molecule has 0 bridgehead atoms. The fourth-order valence-electron chi connectivity index (χ4n) is 3.58. The predicted molar refractivity (Wildman–Crippen MR) is 104 cm³/mol. The summed E-state index contributed by atoms with van der Waals surface area (Å²) in [5.74, 6) is -2.12. The van der Waals surface area contributed by atoms with Crippen LogP contribution in [0.15, 0.2) is 9.59 Å². The Morgan fingerprint density at radius 1 is 1.31 bits per heavy atom. The summed E-state index contributed by atoms with van der Waals surface area (Å²) in [4.78, 5) is 42.0. The van der Waals surface area contributed by atoms with E-state index in [9.17, 15) is 27.6 Å². The summed E-state index contributed by atoms with van der Waals surface area (Å²) in [5.41, 5.74) is 4.45. The van der Waals surface area contributed by atoms with E-state index in [4.69, 9.17) is 5.73 Å². The van der Waals surface area contributed by atoms with Crippen molar-refractivity contribution in [3.05, 3.63) is 20.8 Å². The molecule has 1 amide bonds. The first kappa shape index (κ1) is 23.0. The predicted octanol–water partition coefficient (Wildman–Crippen LogP) is 1.55. The third kappa shape index (κ3) is 5.40. The molecule has 1 aliphatic heterocycles. The van der Waals surface area contributed by atoms with Crippen molar-refractivity contribution < 1.29 is 18.0 Å². The Morgan fingerprint density at radius 2 is 2.00 bits per heavy atom. The van der Waals surface area contributed by atoms with E-state index < -0.39 is 29.3 Å². The number of halogens is 3. The highest BCUT2D eigenvalue weighted by Crippen LogP contribution is 2.33. The summed E-state index contributed by atoms with van der Waals surface area (Å²) in [6.45, 7) is 3.81. The number of alkyl halides is 3. The van der Waals surface area contributed by atoms with Gasteiger partial charge in [-0.05, 0) is 32.7 Å². The number of hydrogen-bond acceptors (Lipinski definition) is 5. The lowest BCUT2D eigenvalue weighted by molar-refractivity contribution is -0.187. The van der Waals surface area contributed by atoms with Crippen LogP contribution in [0.2, 0.25) is 0 Å². The Balaban J connectivity index is 2.26. The highest BCUT2D eigenvalue weighted by atomic mass is 19.4. The first-order chi connectivity index (χ1) is 13.6. The van der Waals surface area contributed by atoms with E-state index in [0.717, 1.165) is 11.3 Å². The van der Waals surface area contributed by atoms with Crippen LogP contribution < -0.4 is 21.9 Å². The molecule has 0 spiro atoms. The number of nitrogens with one attached hydrogen (secondary N) is 1. The monoisotopic (exact) mass is 419 g/mol. The molecule has 3 N–H and O–H groups in total. The highest BCUT2D eigenvalue weighted by molar-refractivity contribution is 5.96. The van der Waals surface area contributed by atoms with Gasteiger partial charge in [0.05, 0.1) is 12.5 Å². The second-order valence-electron chi connectivity index (χ2n) is 7.25. The molecule has 1 aromatic rings. The van der Waals surface area contributed by atoms with Crippen LogP contribution >= 0.6 is 0 Å². The number of carbonyl (C=O) groups excluding carboxylic acids is 1. The van der Waals surface area contributed by atoms with Gasteiger partial charge < -0.3 is 10.6 Å². The Hall–Kier alpha value is -2.30. The molecule has 1 aliphatic rings. The lowest BCUT2D eigenvalue weighted by atomic mass is 9.97. The van der Waals surface area contributed by atoms with E-state index in [1.807, 2.05) is 6.92 Å². The van der Waals surface area contributed by atoms with Crippen LogP contribution in [0.1, 0.15) is 39.5 Å². The van der Waals surface area contributed by atoms with Crippen LogP contribution in [0.3, 0.4) is 0 Å². The number of hydrogen-bond donors (Lipinski definition) is 2. The summed E-state index contributed by atoms with van der Waals surface area (Å²) in [6, 6.07) is 0. The SMILES string of the molecule is CCCCn1c(N)c(N(CC)C(=O)CN2CCC[C@@H](C(F)(F)F)C2)c(=O)[nH]c1=O. The number of aromatic amines is 1. The van der Waals surface area contributed by atoms with E-state index in [-0.39, 0.29) is 44.1 Å². The standard InChI is InChI=1S/C18H28F3N5O3/c1-3-5-9-26-15(22)14(16(28)23-17(26)29)25(4-2)13(27)11-24-8-6-7-12(10-24)18(19,20)21/h12H,3-11,22H2,1-2H3,(H,23,28,29)/t12-/m1/s1. The van der Waals surface area contributed by atoms with Gasteiger partial charge in [0.1, 0.15) is 5.82 Å². The van der Waals surface area contributed by atoms with Gasteiger partial charge in [0.25, 0.3) is 5.56 Å². The van der Waals surface area contributed by atoms with Crippen LogP contribution in [-0.4, -0.2) is 52.7 Å². The third-order valence-corrected chi connectivity index (χ3v) is 5.16. The zero-order valence-corrected chi connectivity index (χ0v) is 16.7. The zero-order chi connectivity index (χ0) is 21.8. The molecule has 1 fully saturated rings. The fraction of sp³-hybridized carbons (Fsp3) is 0.722. The topological polar surface area (TPSA) is 104 Å². The maximum absolute atomic E-state index is 13.0. The molecule has 0 radical (unpaired) electrons. The normalized spacial score (nSPS) is 18.0. The van der Waals surface area contributed by atoms with Gasteiger partial charge in [-0.25, -0.2) is 4.79 Å². The number of H-pyrrole nitrogens is 1. The Kier molecular flexibility index (Phi) is 7.50. The first-order valence-electron chi connectivity index (χ1n) is 9.82. The second-order valence-corrected chi connectivity index (χ2v) is 7.25. The van der Waals surface area contributed by atoms with E-state index in [1.165, 1.54) is 9.47 Å². The van der Waals surface area contributed by atoms with Crippen LogP contribution in [0, 0.1) is 5.92 Å².